The number of carbonyl (C=O) groups is 2. The predicted molar refractivity (Wildman–Crippen MR) is 171 cm³/mol. The van der Waals surface area contributed by atoms with Crippen molar-refractivity contribution < 1.29 is 32.4 Å². The van der Waals surface area contributed by atoms with Crippen LogP contribution in [-0.2, 0) is 26.2 Å². The predicted octanol–water partition coefficient (Wildman–Crippen LogP) is 5.10. The molecule has 0 fully saturated rings. The van der Waals surface area contributed by atoms with Crippen LogP contribution < -0.4 is 19.1 Å². The molecule has 0 spiro atoms. The maximum Gasteiger partial charge on any atom is 0.273 e. The second-order valence-corrected chi connectivity index (χ2v) is 12.7. The molecule has 0 aliphatic rings. The van der Waals surface area contributed by atoms with Crippen LogP contribution in [0.3, 0.4) is 0 Å². The number of sulfonamides is 1. The van der Waals surface area contributed by atoms with Crippen molar-refractivity contribution in [2.45, 2.75) is 57.6 Å². The summed E-state index contributed by atoms with van der Waals surface area (Å²) in [7, 11) is -1.78. The Morgan fingerprint density at radius 1 is 1.02 bits per heavy atom. The van der Waals surface area contributed by atoms with Gasteiger partial charge in [-0.2, -0.15) is 0 Å². The number of ether oxygens (including phenoxy) is 2. The molecule has 1 N–H and O–H groups in total. The minimum absolute atomic E-state index is 0.0332. The Kier molecular flexibility index (Phi) is 11.8. The highest BCUT2D eigenvalue weighted by atomic mass is 35.5. The van der Waals surface area contributed by atoms with Crippen LogP contribution in [0, 0.1) is 17.0 Å². The summed E-state index contributed by atoms with van der Waals surface area (Å²) in [5, 5.41) is 14.7. The zero-order chi connectivity index (χ0) is 33.5. The van der Waals surface area contributed by atoms with Crippen LogP contribution in [-0.4, -0.2) is 62.9 Å². The second-order valence-electron chi connectivity index (χ2n) is 10.4. The smallest absolute Gasteiger partial charge is 0.273 e. The molecule has 0 aliphatic carbocycles. The standard InChI is InChI=1S/C31H37ClN4O8S/c1-7-21(3)33-31(38)22(4)34(18-23-9-12-25(43-5)13-10-23)30(37)19-35(28-16-24(32)11-15-29(28)44-6)45(41,42)26-14-8-20(2)27(17-26)36(39)40/h8-17,21-22H,7,18-19H2,1-6H3,(H,33,38)/t21-,22+/m0/s1. The average Bonchev–Trinajstić information content (AvgIpc) is 3.01. The van der Waals surface area contributed by atoms with Gasteiger partial charge in [0.1, 0.15) is 24.1 Å². The fourth-order valence-corrected chi connectivity index (χ4v) is 6.02. The topological polar surface area (TPSA) is 148 Å². The lowest BCUT2D eigenvalue weighted by Gasteiger charge is -2.33. The van der Waals surface area contributed by atoms with Crippen LogP contribution in [0.2, 0.25) is 5.02 Å². The molecule has 0 radical (unpaired) electrons. The number of methoxy groups -OCH3 is 2. The number of aryl methyl sites for hydroxylation is 1. The molecule has 242 valence electrons. The molecule has 0 aromatic heterocycles. The van der Waals surface area contributed by atoms with Gasteiger partial charge in [-0.25, -0.2) is 8.42 Å². The SMILES string of the molecule is CC[C@H](C)NC(=O)[C@@H](C)N(Cc1ccc(OC)cc1)C(=O)CN(c1cc(Cl)ccc1OC)S(=O)(=O)c1ccc(C)c([N+](=O)[O-])c1. The first-order chi connectivity index (χ1) is 21.2. The molecular weight excluding hydrogens is 624 g/mol. The Morgan fingerprint density at radius 3 is 2.27 bits per heavy atom. The van der Waals surface area contributed by atoms with E-state index in [0.29, 0.717) is 17.7 Å². The molecule has 3 rings (SSSR count). The van der Waals surface area contributed by atoms with Crippen molar-refractivity contribution in [1.82, 2.24) is 10.2 Å². The lowest BCUT2D eigenvalue weighted by atomic mass is 10.1. The molecule has 12 nitrogen and oxygen atoms in total. The van der Waals surface area contributed by atoms with Gasteiger partial charge in [0.15, 0.2) is 0 Å². The minimum Gasteiger partial charge on any atom is -0.497 e. The quantitative estimate of drug-likeness (QED) is 0.185. The number of benzene rings is 3. The summed E-state index contributed by atoms with van der Waals surface area (Å²) in [6.45, 7) is 5.97. The Bertz CT molecular complexity index is 1650. The van der Waals surface area contributed by atoms with Crippen molar-refractivity contribution in [3.63, 3.8) is 0 Å². The van der Waals surface area contributed by atoms with Crippen molar-refractivity contribution in [3.05, 3.63) is 86.9 Å². The summed E-state index contributed by atoms with van der Waals surface area (Å²) in [5.74, 6) is -0.460. The van der Waals surface area contributed by atoms with Gasteiger partial charge < -0.3 is 19.7 Å². The number of rotatable bonds is 14. The average molecular weight is 661 g/mol. The number of anilines is 1. The van der Waals surface area contributed by atoms with E-state index in [9.17, 15) is 28.1 Å². The van der Waals surface area contributed by atoms with Gasteiger partial charge in [0.05, 0.1) is 29.7 Å². The number of hydrogen-bond acceptors (Lipinski definition) is 8. The molecule has 0 unspecified atom stereocenters. The number of amides is 2. The molecule has 45 heavy (non-hydrogen) atoms. The van der Waals surface area contributed by atoms with E-state index in [4.69, 9.17) is 21.1 Å². The van der Waals surface area contributed by atoms with Crippen LogP contribution in [0.4, 0.5) is 11.4 Å². The van der Waals surface area contributed by atoms with Crippen molar-refractivity contribution in [2.75, 3.05) is 25.1 Å². The fraction of sp³-hybridized carbons (Fsp3) is 0.355. The van der Waals surface area contributed by atoms with E-state index in [1.54, 1.807) is 31.2 Å². The molecule has 3 aromatic rings. The number of nitro groups is 1. The number of halogens is 1. The molecule has 0 saturated carbocycles. The third kappa shape index (κ3) is 8.43. The zero-order valence-electron chi connectivity index (χ0n) is 25.9. The first kappa shape index (κ1) is 35.1. The highest BCUT2D eigenvalue weighted by Gasteiger charge is 2.35. The summed E-state index contributed by atoms with van der Waals surface area (Å²) in [6.07, 6.45) is 0.661. The molecule has 14 heteroatoms. The van der Waals surface area contributed by atoms with E-state index in [0.717, 1.165) is 10.4 Å². The molecule has 0 aliphatic heterocycles. The normalized spacial score (nSPS) is 12.5. The van der Waals surface area contributed by atoms with E-state index in [2.05, 4.69) is 5.32 Å². The Labute approximate surface area is 268 Å². The Balaban J connectivity index is 2.15. The van der Waals surface area contributed by atoms with E-state index in [1.165, 1.54) is 56.4 Å². The molecule has 2 amide bonds. The maximum atomic E-state index is 14.2. The summed E-state index contributed by atoms with van der Waals surface area (Å²) >= 11 is 6.26. The van der Waals surface area contributed by atoms with Crippen molar-refractivity contribution in [3.8, 4) is 11.5 Å². The van der Waals surface area contributed by atoms with Crippen LogP contribution in [0.5, 0.6) is 11.5 Å². The lowest BCUT2D eigenvalue weighted by molar-refractivity contribution is -0.385. The zero-order valence-corrected chi connectivity index (χ0v) is 27.5. The highest BCUT2D eigenvalue weighted by molar-refractivity contribution is 7.92. The van der Waals surface area contributed by atoms with Gasteiger partial charge in [0.25, 0.3) is 15.7 Å². The monoisotopic (exact) mass is 660 g/mol. The van der Waals surface area contributed by atoms with Crippen LogP contribution in [0.1, 0.15) is 38.3 Å². The lowest BCUT2D eigenvalue weighted by Crippen LogP contribution is -2.52. The van der Waals surface area contributed by atoms with Crippen LogP contribution >= 0.6 is 11.6 Å². The summed E-state index contributed by atoms with van der Waals surface area (Å²) < 4.78 is 39.9. The molecule has 3 aromatic carbocycles. The van der Waals surface area contributed by atoms with Crippen molar-refractivity contribution in [2.24, 2.45) is 0 Å². The summed E-state index contributed by atoms with van der Waals surface area (Å²) in [6, 6.07) is 13.5. The van der Waals surface area contributed by atoms with E-state index >= 15 is 0 Å². The maximum absolute atomic E-state index is 14.2. The van der Waals surface area contributed by atoms with Gasteiger partial charge in [0, 0.05) is 29.2 Å². The van der Waals surface area contributed by atoms with Crippen LogP contribution in [0.15, 0.2) is 65.6 Å². The van der Waals surface area contributed by atoms with E-state index in [1.807, 2.05) is 13.8 Å². The van der Waals surface area contributed by atoms with Crippen molar-refractivity contribution in [1.29, 1.82) is 0 Å². The van der Waals surface area contributed by atoms with Gasteiger partial charge in [-0.15, -0.1) is 0 Å². The Morgan fingerprint density at radius 2 is 1.69 bits per heavy atom. The van der Waals surface area contributed by atoms with Gasteiger partial charge >= 0.3 is 0 Å². The van der Waals surface area contributed by atoms with Gasteiger partial charge in [-0.05, 0) is 69.2 Å². The number of hydrogen-bond donors (Lipinski definition) is 1. The minimum atomic E-state index is -4.63. The summed E-state index contributed by atoms with van der Waals surface area (Å²) in [4.78, 5) is 39.3. The molecule has 2 atom stereocenters. The third-order valence-electron chi connectivity index (χ3n) is 7.33. The van der Waals surface area contributed by atoms with Gasteiger partial charge in [-0.3, -0.25) is 24.0 Å². The first-order valence-electron chi connectivity index (χ1n) is 14.1. The number of carbonyl (C=O) groups excluding carboxylic acids is 2. The summed E-state index contributed by atoms with van der Waals surface area (Å²) in [5.41, 5.74) is 0.449. The van der Waals surface area contributed by atoms with Gasteiger partial charge in [-0.1, -0.05) is 36.7 Å². The number of nitrogens with one attached hydrogen (secondary N) is 1. The van der Waals surface area contributed by atoms with E-state index < -0.39 is 49.9 Å². The number of nitrogens with zero attached hydrogens (tertiary/aromatic N) is 3. The first-order valence-corrected chi connectivity index (χ1v) is 15.9. The Hall–Kier alpha value is -4.36. The number of nitro benzene ring substituents is 1. The molecule has 0 bridgehead atoms. The van der Waals surface area contributed by atoms with Crippen molar-refractivity contribution >= 4 is 44.8 Å². The van der Waals surface area contributed by atoms with Gasteiger partial charge in [0.2, 0.25) is 11.8 Å². The van der Waals surface area contributed by atoms with E-state index in [-0.39, 0.29) is 34.6 Å². The highest BCUT2D eigenvalue weighted by Crippen LogP contribution is 2.36. The molecule has 0 heterocycles. The fourth-order valence-electron chi connectivity index (χ4n) is 4.42. The van der Waals surface area contributed by atoms with Crippen LogP contribution in [0.25, 0.3) is 0 Å². The molecular formula is C31H37ClN4O8S. The molecule has 0 saturated heterocycles. The third-order valence-corrected chi connectivity index (χ3v) is 9.32. The largest absolute Gasteiger partial charge is 0.497 e. The second kappa shape index (κ2) is 15.1.